The van der Waals surface area contributed by atoms with Crippen LogP contribution < -0.4 is 0 Å². The van der Waals surface area contributed by atoms with Gasteiger partial charge >= 0.3 is 0 Å². The highest BCUT2D eigenvalue weighted by atomic mass is 15.2. The van der Waals surface area contributed by atoms with Crippen molar-refractivity contribution in [3.63, 3.8) is 0 Å². The van der Waals surface area contributed by atoms with Crippen LogP contribution in [0.2, 0.25) is 0 Å². The highest BCUT2D eigenvalue weighted by Gasteiger charge is 2.28. The third kappa shape index (κ3) is 2.81. The van der Waals surface area contributed by atoms with Gasteiger partial charge in [0.2, 0.25) is 0 Å². The molecule has 0 radical (unpaired) electrons. The largest absolute Gasteiger partial charge is 0.305 e. The van der Waals surface area contributed by atoms with Crippen LogP contribution in [0.4, 0.5) is 0 Å². The summed E-state index contributed by atoms with van der Waals surface area (Å²) in [5.41, 5.74) is 9.78. The van der Waals surface area contributed by atoms with Crippen molar-refractivity contribution in [1.29, 1.82) is 5.26 Å². The summed E-state index contributed by atoms with van der Waals surface area (Å²) in [6, 6.07) is 19.2. The summed E-state index contributed by atoms with van der Waals surface area (Å²) >= 11 is 0. The number of fused-ring (bicyclic) bond motifs is 2. The third-order valence-electron chi connectivity index (χ3n) is 6.22. The van der Waals surface area contributed by atoms with Crippen molar-refractivity contribution in [3.8, 4) is 17.2 Å². The molecule has 1 aliphatic carbocycles. The standard InChI is InChI=1S/C26H24N4/c1-4-24-29-25-16(2)13-17(3)28-26(25)30(24)23-12-10-19-14-18(9-11-22(19)23)21-8-6-5-7-20(21)15-27/h5-9,11,13-14,23H,4,10,12H2,1-3H3/t23-/m0/s1. The average molecular weight is 393 g/mol. The fraction of sp³-hybridized carbons (Fsp3) is 0.269. The average Bonchev–Trinajstić information content (AvgIpc) is 3.34. The lowest BCUT2D eigenvalue weighted by Crippen LogP contribution is -2.11. The van der Waals surface area contributed by atoms with Crippen LogP contribution in [0.15, 0.2) is 48.5 Å². The second-order valence-electron chi connectivity index (χ2n) is 8.13. The smallest absolute Gasteiger partial charge is 0.161 e. The number of nitriles is 1. The van der Waals surface area contributed by atoms with Crippen LogP contribution in [0.3, 0.4) is 0 Å². The highest BCUT2D eigenvalue weighted by molar-refractivity contribution is 5.77. The van der Waals surface area contributed by atoms with Crippen LogP contribution in [0.1, 0.15) is 53.2 Å². The summed E-state index contributed by atoms with van der Waals surface area (Å²) in [6.45, 7) is 6.34. The number of hydrogen-bond donors (Lipinski definition) is 0. The van der Waals surface area contributed by atoms with Gasteiger partial charge in [-0.3, -0.25) is 0 Å². The number of hydrogen-bond acceptors (Lipinski definition) is 3. The van der Waals surface area contributed by atoms with E-state index in [0.717, 1.165) is 58.6 Å². The maximum absolute atomic E-state index is 9.48. The normalized spacial score (nSPS) is 15.3. The molecule has 0 N–H and O–H groups in total. The van der Waals surface area contributed by atoms with E-state index in [0.29, 0.717) is 0 Å². The molecule has 30 heavy (non-hydrogen) atoms. The van der Waals surface area contributed by atoms with Crippen LogP contribution >= 0.6 is 0 Å². The van der Waals surface area contributed by atoms with Gasteiger partial charge in [-0.05, 0) is 66.6 Å². The SMILES string of the molecule is CCc1nc2c(C)cc(C)nc2n1[C@H]1CCc2cc(-c3ccccc3C#N)ccc21. The molecule has 0 fully saturated rings. The van der Waals surface area contributed by atoms with Crippen molar-refractivity contribution in [1.82, 2.24) is 14.5 Å². The van der Waals surface area contributed by atoms with Gasteiger partial charge in [0, 0.05) is 12.1 Å². The lowest BCUT2D eigenvalue weighted by Gasteiger charge is -2.18. The molecular weight excluding hydrogens is 368 g/mol. The summed E-state index contributed by atoms with van der Waals surface area (Å²) in [5.74, 6) is 1.10. The molecule has 5 rings (SSSR count). The van der Waals surface area contributed by atoms with E-state index in [-0.39, 0.29) is 6.04 Å². The minimum absolute atomic E-state index is 0.258. The monoisotopic (exact) mass is 392 g/mol. The molecule has 2 aromatic carbocycles. The Labute approximate surface area is 176 Å². The van der Waals surface area contributed by atoms with Crippen molar-refractivity contribution in [3.05, 3.63) is 82.3 Å². The second-order valence-corrected chi connectivity index (χ2v) is 8.13. The molecular formula is C26H24N4. The number of nitrogens with zero attached hydrogens (tertiary/aromatic N) is 4. The number of imidazole rings is 1. The fourth-order valence-corrected chi connectivity index (χ4v) is 4.86. The van der Waals surface area contributed by atoms with Gasteiger partial charge in [0.15, 0.2) is 5.65 Å². The lowest BCUT2D eigenvalue weighted by atomic mass is 9.96. The Morgan fingerprint density at radius 2 is 1.93 bits per heavy atom. The highest BCUT2D eigenvalue weighted by Crippen LogP contribution is 2.39. The maximum atomic E-state index is 9.48. The number of pyridine rings is 1. The summed E-state index contributed by atoms with van der Waals surface area (Å²) in [7, 11) is 0. The van der Waals surface area contributed by atoms with Gasteiger partial charge in [0.05, 0.1) is 17.7 Å². The second kappa shape index (κ2) is 7.11. The van der Waals surface area contributed by atoms with Crippen LogP contribution in [0, 0.1) is 25.2 Å². The van der Waals surface area contributed by atoms with Crippen LogP contribution in [0.5, 0.6) is 0 Å². The molecule has 1 atom stereocenters. The Balaban J connectivity index is 1.64. The van der Waals surface area contributed by atoms with Gasteiger partial charge in [-0.2, -0.15) is 5.26 Å². The van der Waals surface area contributed by atoms with Crippen LogP contribution in [0.25, 0.3) is 22.3 Å². The van der Waals surface area contributed by atoms with E-state index in [1.54, 1.807) is 0 Å². The number of aromatic nitrogens is 3. The Morgan fingerprint density at radius 1 is 1.10 bits per heavy atom. The summed E-state index contributed by atoms with van der Waals surface area (Å²) in [5, 5.41) is 9.48. The van der Waals surface area contributed by atoms with Gasteiger partial charge in [0.1, 0.15) is 11.3 Å². The molecule has 0 amide bonds. The van der Waals surface area contributed by atoms with E-state index in [4.69, 9.17) is 9.97 Å². The predicted molar refractivity (Wildman–Crippen MR) is 119 cm³/mol. The number of rotatable bonds is 3. The van der Waals surface area contributed by atoms with Crippen molar-refractivity contribution < 1.29 is 0 Å². The zero-order valence-electron chi connectivity index (χ0n) is 17.6. The van der Waals surface area contributed by atoms with E-state index in [9.17, 15) is 5.26 Å². The molecule has 0 spiro atoms. The van der Waals surface area contributed by atoms with Gasteiger partial charge in [0.25, 0.3) is 0 Å². The van der Waals surface area contributed by atoms with Gasteiger partial charge < -0.3 is 4.57 Å². The van der Waals surface area contributed by atoms with Gasteiger partial charge in [-0.15, -0.1) is 0 Å². The molecule has 4 aromatic rings. The first-order chi connectivity index (χ1) is 14.6. The van der Waals surface area contributed by atoms with E-state index >= 15 is 0 Å². The first-order valence-electron chi connectivity index (χ1n) is 10.6. The Hall–Kier alpha value is -3.45. The molecule has 4 nitrogen and oxygen atoms in total. The molecule has 0 unspecified atom stereocenters. The van der Waals surface area contributed by atoms with Crippen molar-refractivity contribution in [2.75, 3.05) is 0 Å². The quantitative estimate of drug-likeness (QED) is 0.450. The predicted octanol–water partition coefficient (Wildman–Crippen LogP) is 5.68. The Morgan fingerprint density at radius 3 is 2.73 bits per heavy atom. The first-order valence-corrected chi connectivity index (χ1v) is 10.6. The third-order valence-corrected chi connectivity index (χ3v) is 6.22. The van der Waals surface area contributed by atoms with Crippen LogP contribution in [-0.2, 0) is 12.8 Å². The zero-order valence-corrected chi connectivity index (χ0v) is 17.6. The fourth-order valence-electron chi connectivity index (χ4n) is 4.86. The van der Waals surface area contributed by atoms with Gasteiger partial charge in [-0.1, -0.05) is 43.3 Å². The topological polar surface area (TPSA) is 54.5 Å². The van der Waals surface area contributed by atoms with E-state index < -0.39 is 0 Å². The Bertz CT molecular complexity index is 1320. The van der Waals surface area contributed by atoms with E-state index in [1.807, 2.05) is 24.3 Å². The number of benzene rings is 2. The number of aryl methyl sites for hydroxylation is 4. The molecule has 4 heteroatoms. The molecule has 0 aliphatic heterocycles. The summed E-state index contributed by atoms with van der Waals surface area (Å²) < 4.78 is 2.37. The zero-order chi connectivity index (χ0) is 20.8. The van der Waals surface area contributed by atoms with Gasteiger partial charge in [-0.25, -0.2) is 9.97 Å². The molecule has 1 aliphatic rings. The molecule has 148 valence electrons. The van der Waals surface area contributed by atoms with E-state index in [2.05, 4.69) is 55.7 Å². The molecule has 0 saturated carbocycles. The summed E-state index contributed by atoms with van der Waals surface area (Å²) in [6.07, 6.45) is 2.95. The Kier molecular flexibility index (Phi) is 4.40. The summed E-state index contributed by atoms with van der Waals surface area (Å²) in [4.78, 5) is 9.82. The van der Waals surface area contributed by atoms with Crippen molar-refractivity contribution in [2.24, 2.45) is 0 Å². The maximum Gasteiger partial charge on any atom is 0.161 e. The van der Waals surface area contributed by atoms with E-state index in [1.165, 1.54) is 16.7 Å². The van der Waals surface area contributed by atoms with Crippen molar-refractivity contribution >= 4 is 11.2 Å². The molecule has 2 aromatic heterocycles. The first kappa shape index (κ1) is 18.6. The minimum atomic E-state index is 0.258. The molecule has 2 heterocycles. The van der Waals surface area contributed by atoms with Crippen LogP contribution in [-0.4, -0.2) is 14.5 Å². The molecule has 0 bridgehead atoms. The van der Waals surface area contributed by atoms with Crippen molar-refractivity contribution in [2.45, 2.75) is 46.1 Å². The minimum Gasteiger partial charge on any atom is -0.305 e. The molecule has 0 saturated heterocycles. The lowest BCUT2D eigenvalue weighted by molar-refractivity contribution is 0.566.